The zero-order valence-corrected chi connectivity index (χ0v) is 36.0. The first-order valence-electron chi connectivity index (χ1n) is 22.5. The lowest BCUT2D eigenvalue weighted by Gasteiger charge is -2.54. The molecule has 5 aliphatic rings. The van der Waals surface area contributed by atoms with Crippen LogP contribution in [0.3, 0.4) is 0 Å². The molecule has 1 amide bonds. The van der Waals surface area contributed by atoms with Crippen molar-refractivity contribution in [2.24, 2.45) is 35.3 Å². The topological polar surface area (TPSA) is 182 Å². The molecule has 1 aromatic rings. The van der Waals surface area contributed by atoms with Crippen LogP contribution in [0.5, 0.6) is 0 Å². The maximum atomic E-state index is 13.3. The maximum absolute atomic E-state index is 13.3. The van der Waals surface area contributed by atoms with Gasteiger partial charge in [0.25, 0.3) is 0 Å². The fourth-order valence-electron chi connectivity index (χ4n) is 10.8. The van der Waals surface area contributed by atoms with Crippen LogP contribution >= 0.6 is 0 Å². The number of carbonyl (C=O) groups excluding carboxylic acids is 1. The SMILES string of the molecule is CCC(C(=O)NCc1ccccc1)C1CCCC(C(N)C(O)C(C)C(O)C(CC)C2OC3(C=CC(O)C4(CCC(C5CCC(O)(CC)C(C)O5)O4)O3)C(C)CC2C)O1. The van der Waals surface area contributed by atoms with E-state index < -0.39 is 59.7 Å². The molecule has 0 bridgehead atoms. The van der Waals surface area contributed by atoms with Crippen LogP contribution in [0.2, 0.25) is 0 Å². The number of ether oxygens (including phenoxy) is 5. The summed E-state index contributed by atoms with van der Waals surface area (Å²) in [5, 5.41) is 49.3. The van der Waals surface area contributed by atoms with Crippen molar-refractivity contribution in [1.29, 1.82) is 0 Å². The number of rotatable bonds is 14. The number of hydrogen-bond acceptors (Lipinski definition) is 11. The van der Waals surface area contributed by atoms with Gasteiger partial charge in [0.15, 0.2) is 5.79 Å². The number of carbonyl (C=O) groups is 1. The van der Waals surface area contributed by atoms with Crippen LogP contribution in [0.1, 0.15) is 125 Å². The van der Waals surface area contributed by atoms with E-state index in [2.05, 4.69) is 19.2 Å². The van der Waals surface area contributed by atoms with Crippen LogP contribution in [-0.2, 0) is 35.0 Å². The summed E-state index contributed by atoms with van der Waals surface area (Å²) in [4.78, 5) is 13.3. The zero-order chi connectivity index (χ0) is 42.0. The molecule has 5 aliphatic heterocycles. The summed E-state index contributed by atoms with van der Waals surface area (Å²) in [5.74, 6) is -3.90. The Bertz CT molecular complexity index is 1520. The predicted octanol–water partition coefficient (Wildman–Crippen LogP) is 5.27. The summed E-state index contributed by atoms with van der Waals surface area (Å²) < 4.78 is 33.4. The molecule has 7 N–H and O–H groups in total. The molecule has 0 saturated carbocycles. The number of amides is 1. The van der Waals surface area contributed by atoms with Crippen LogP contribution in [0.4, 0.5) is 0 Å². The van der Waals surface area contributed by atoms with E-state index >= 15 is 0 Å². The Morgan fingerprint density at radius 2 is 1.64 bits per heavy atom. The molecule has 6 rings (SSSR count). The molecule has 18 unspecified atom stereocenters. The van der Waals surface area contributed by atoms with E-state index in [0.29, 0.717) is 57.9 Å². The highest BCUT2D eigenvalue weighted by atomic mass is 16.8. The van der Waals surface area contributed by atoms with E-state index in [1.165, 1.54) is 0 Å². The number of nitrogens with two attached hydrogens (primary N) is 1. The molecule has 58 heavy (non-hydrogen) atoms. The van der Waals surface area contributed by atoms with Crippen LogP contribution < -0.4 is 11.1 Å². The standard InChI is InChI=1S/C46H74N2O10/c1-8-32(43(52)48-26-31-15-12-11-13-16-31)34-17-14-18-37(55-34)39(47)41(51)29(6)40(50)33(9-2)42-27(4)25-28(5)45(57-42)24-21-38(49)46(58-45)23-20-36(56-46)35-19-22-44(53,10-3)30(7)54-35/h11-13,15-16,21,24,27-30,32-42,49-51,53H,8-10,14,17-20,22-23,25-26,47H2,1-7H3,(H,48,52). The van der Waals surface area contributed by atoms with Gasteiger partial charge in [-0.05, 0) is 94.8 Å². The van der Waals surface area contributed by atoms with Crippen molar-refractivity contribution in [3.8, 4) is 0 Å². The second kappa shape index (κ2) is 19.0. The highest BCUT2D eigenvalue weighted by Gasteiger charge is 2.60. The molecule has 0 aliphatic carbocycles. The zero-order valence-electron chi connectivity index (χ0n) is 36.0. The molecular weight excluding hydrogens is 741 g/mol. The van der Waals surface area contributed by atoms with Crippen molar-refractivity contribution in [2.45, 2.75) is 204 Å². The van der Waals surface area contributed by atoms with Gasteiger partial charge >= 0.3 is 0 Å². The van der Waals surface area contributed by atoms with Crippen molar-refractivity contribution < 1.29 is 48.9 Å². The van der Waals surface area contributed by atoms with E-state index in [0.717, 1.165) is 24.8 Å². The summed E-state index contributed by atoms with van der Waals surface area (Å²) in [7, 11) is 0. The minimum absolute atomic E-state index is 0.0515. The van der Waals surface area contributed by atoms with E-state index in [4.69, 9.17) is 29.4 Å². The lowest BCUT2D eigenvalue weighted by molar-refractivity contribution is -0.403. The molecule has 12 heteroatoms. The molecule has 328 valence electrons. The van der Waals surface area contributed by atoms with Gasteiger partial charge in [0.1, 0.15) is 6.10 Å². The van der Waals surface area contributed by atoms with Gasteiger partial charge < -0.3 is 55.2 Å². The third-order valence-electron chi connectivity index (χ3n) is 14.8. The molecule has 0 radical (unpaired) electrons. The van der Waals surface area contributed by atoms with Crippen LogP contribution in [0, 0.1) is 29.6 Å². The van der Waals surface area contributed by atoms with Gasteiger partial charge in [-0.25, -0.2) is 0 Å². The molecule has 18 atom stereocenters. The number of aliphatic hydroxyl groups excluding tert-OH is 3. The minimum Gasteiger partial charge on any atom is -0.392 e. The summed E-state index contributed by atoms with van der Waals surface area (Å²) in [6, 6.07) is 9.05. The van der Waals surface area contributed by atoms with Crippen molar-refractivity contribution in [1.82, 2.24) is 5.32 Å². The third kappa shape index (κ3) is 9.27. The first-order chi connectivity index (χ1) is 27.6. The average molecular weight is 815 g/mol. The smallest absolute Gasteiger partial charge is 0.225 e. The largest absolute Gasteiger partial charge is 0.392 e. The van der Waals surface area contributed by atoms with Crippen molar-refractivity contribution in [3.63, 3.8) is 0 Å². The van der Waals surface area contributed by atoms with Crippen molar-refractivity contribution >= 4 is 5.91 Å². The van der Waals surface area contributed by atoms with Gasteiger partial charge in [-0.2, -0.15) is 0 Å². The molecule has 1 aromatic carbocycles. The normalized spacial score (nSPS) is 41.1. The van der Waals surface area contributed by atoms with Gasteiger partial charge in [0.2, 0.25) is 11.7 Å². The average Bonchev–Trinajstić information content (AvgIpc) is 3.65. The quantitative estimate of drug-likeness (QED) is 0.135. The summed E-state index contributed by atoms with van der Waals surface area (Å²) in [6.07, 6.45) is 5.59. The summed E-state index contributed by atoms with van der Waals surface area (Å²) >= 11 is 0. The van der Waals surface area contributed by atoms with E-state index in [1.54, 1.807) is 6.08 Å². The lowest BCUT2D eigenvalue weighted by atomic mass is 9.73. The minimum atomic E-state index is -1.32. The Morgan fingerprint density at radius 3 is 2.31 bits per heavy atom. The molecule has 4 fully saturated rings. The Hall–Kier alpha value is -1.97. The molecule has 2 spiro atoms. The molecular formula is C46H74N2O10. The first-order valence-corrected chi connectivity index (χ1v) is 22.5. The third-order valence-corrected chi connectivity index (χ3v) is 14.8. The monoisotopic (exact) mass is 815 g/mol. The Labute approximate surface area is 346 Å². The van der Waals surface area contributed by atoms with E-state index in [9.17, 15) is 25.2 Å². The van der Waals surface area contributed by atoms with Gasteiger partial charge in [-0.3, -0.25) is 4.79 Å². The Kier molecular flexibility index (Phi) is 14.9. The fourth-order valence-corrected chi connectivity index (χ4v) is 10.8. The second-order valence-electron chi connectivity index (χ2n) is 18.5. The van der Waals surface area contributed by atoms with Gasteiger partial charge in [0, 0.05) is 30.7 Å². The van der Waals surface area contributed by atoms with E-state index in [1.807, 2.05) is 71.0 Å². The van der Waals surface area contributed by atoms with Gasteiger partial charge in [-0.1, -0.05) is 71.9 Å². The number of aliphatic hydroxyl groups is 4. The second-order valence-corrected chi connectivity index (χ2v) is 18.5. The van der Waals surface area contributed by atoms with Crippen LogP contribution in [0.25, 0.3) is 0 Å². The van der Waals surface area contributed by atoms with Crippen molar-refractivity contribution in [3.05, 3.63) is 48.0 Å². The van der Waals surface area contributed by atoms with Crippen molar-refractivity contribution in [2.75, 3.05) is 0 Å². The number of nitrogens with one attached hydrogen (secondary N) is 1. The van der Waals surface area contributed by atoms with Gasteiger partial charge in [0.05, 0.1) is 66.4 Å². The molecule has 12 nitrogen and oxygen atoms in total. The predicted molar refractivity (Wildman–Crippen MR) is 220 cm³/mol. The summed E-state index contributed by atoms with van der Waals surface area (Å²) in [6.45, 7) is 14.4. The van der Waals surface area contributed by atoms with Gasteiger partial charge in [-0.15, -0.1) is 0 Å². The Morgan fingerprint density at radius 1 is 0.931 bits per heavy atom. The van der Waals surface area contributed by atoms with Crippen LogP contribution in [0.15, 0.2) is 42.5 Å². The number of benzene rings is 1. The Balaban J connectivity index is 1.09. The highest BCUT2D eigenvalue weighted by molar-refractivity contribution is 5.79. The van der Waals surface area contributed by atoms with E-state index in [-0.39, 0.29) is 54.0 Å². The first kappa shape index (κ1) is 45.6. The maximum Gasteiger partial charge on any atom is 0.225 e. The summed E-state index contributed by atoms with van der Waals surface area (Å²) in [5.41, 5.74) is 6.96. The molecule has 4 saturated heterocycles. The highest BCUT2D eigenvalue weighted by Crippen LogP contribution is 2.51. The molecule has 5 heterocycles. The number of hydrogen-bond donors (Lipinski definition) is 6. The lowest BCUT2D eigenvalue weighted by Crippen LogP contribution is -2.62. The fraction of sp³-hybridized carbons (Fsp3) is 0.804. The molecule has 0 aromatic heterocycles. The van der Waals surface area contributed by atoms with Crippen LogP contribution in [-0.4, -0.2) is 104 Å².